The molecule has 4 rings (SSSR count). The van der Waals surface area contributed by atoms with Gasteiger partial charge in [-0.15, -0.1) is 11.8 Å². The fourth-order valence-corrected chi connectivity index (χ4v) is 4.70. The number of nitrogens with one attached hydrogen (secondary N) is 2. The third-order valence-electron chi connectivity index (χ3n) is 5.20. The summed E-state index contributed by atoms with van der Waals surface area (Å²) in [5.41, 5.74) is 1.91. The number of carbonyl (C=O) groups is 3. The van der Waals surface area contributed by atoms with Crippen LogP contribution in [0, 0.1) is 0 Å². The van der Waals surface area contributed by atoms with Gasteiger partial charge in [-0.3, -0.25) is 9.59 Å². The molecule has 36 heavy (non-hydrogen) atoms. The highest BCUT2D eigenvalue weighted by atomic mass is 35.5. The van der Waals surface area contributed by atoms with E-state index in [1.54, 1.807) is 54.6 Å². The number of amides is 2. The largest absolute Gasteiger partial charge is 0.478 e. The van der Waals surface area contributed by atoms with Crippen LogP contribution in [-0.4, -0.2) is 22.9 Å². The van der Waals surface area contributed by atoms with E-state index in [2.05, 4.69) is 10.6 Å². The van der Waals surface area contributed by atoms with Crippen LogP contribution in [0.2, 0.25) is 5.02 Å². The number of benzene rings is 4. The molecule has 6 nitrogen and oxygen atoms in total. The first-order chi connectivity index (χ1) is 17.4. The molecule has 0 radical (unpaired) electrons. The van der Waals surface area contributed by atoms with Crippen LogP contribution >= 0.6 is 23.4 Å². The smallest absolute Gasteiger partial charge is 0.336 e. The van der Waals surface area contributed by atoms with Gasteiger partial charge in [-0.05, 0) is 60.2 Å². The lowest BCUT2D eigenvalue weighted by Gasteiger charge is -2.18. The van der Waals surface area contributed by atoms with Crippen molar-refractivity contribution in [3.05, 3.63) is 125 Å². The molecule has 0 bridgehead atoms. The first kappa shape index (κ1) is 25.0. The second-order valence-corrected chi connectivity index (χ2v) is 9.35. The number of aromatic carboxylic acids is 1. The van der Waals surface area contributed by atoms with Crippen molar-refractivity contribution in [1.82, 2.24) is 0 Å². The van der Waals surface area contributed by atoms with Crippen LogP contribution in [0.4, 0.5) is 11.4 Å². The quantitative estimate of drug-likeness (QED) is 0.225. The third kappa shape index (κ3) is 6.33. The molecule has 4 aromatic rings. The first-order valence-electron chi connectivity index (χ1n) is 10.9. The van der Waals surface area contributed by atoms with Crippen LogP contribution in [0.5, 0.6) is 0 Å². The highest BCUT2D eigenvalue weighted by Gasteiger charge is 2.23. The van der Waals surface area contributed by atoms with E-state index in [-0.39, 0.29) is 17.0 Å². The zero-order valence-corrected chi connectivity index (χ0v) is 20.4. The molecule has 3 N–H and O–H groups in total. The second-order valence-electron chi connectivity index (χ2n) is 7.74. The number of carbonyl (C=O) groups excluding carboxylic acids is 2. The van der Waals surface area contributed by atoms with Gasteiger partial charge in [0.2, 0.25) is 5.91 Å². The minimum absolute atomic E-state index is 0.0626. The van der Waals surface area contributed by atoms with Gasteiger partial charge >= 0.3 is 5.97 Å². The average molecular weight is 517 g/mol. The molecule has 180 valence electrons. The van der Waals surface area contributed by atoms with Crippen LogP contribution in [0.15, 0.2) is 108 Å². The van der Waals surface area contributed by atoms with E-state index in [0.717, 1.165) is 10.5 Å². The van der Waals surface area contributed by atoms with E-state index in [9.17, 15) is 19.5 Å². The Morgan fingerprint density at radius 2 is 1.39 bits per heavy atom. The van der Waals surface area contributed by atoms with Gasteiger partial charge in [-0.1, -0.05) is 60.1 Å². The average Bonchev–Trinajstić information content (AvgIpc) is 2.89. The molecule has 0 aromatic heterocycles. The Labute approximate surface area is 217 Å². The Hall–Kier alpha value is -4.07. The van der Waals surface area contributed by atoms with Gasteiger partial charge in [-0.25, -0.2) is 4.79 Å². The van der Waals surface area contributed by atoms with Crippen molar-refractivity contribution in [2.75, 3.05) is 10.6 Å². The van der Waals surface area contributed by atoms with E-state index in [1.807, 2.05) is 36.4 Å². The summed E-state index contributed by atoms with van der Waals surface area (Å²) in [6.45, 7) is 0. The predicted molar refractivity (Wildman–Crippen MR) is 143 cm³/mol. The molecule has 1 unspecified atom stereocenters. The highest BCUT2D eigenvalue weighted by Crippen LogP contribution is 2.37. The Morgan fingerprint density at radius 1 is 0.722 bits per heavy atom. The van der Waals surface area contributed by atoms with E-state index in [4.69, 9.17) is 11.6 Å². The summed E-state index contributed by atoms with van der Waals surface area (Å²) in [4.78, 5) is 38.3. The van der Waals surface area contributed by atoms with Crippen molar-refractivity contribution in [3.63, 3.8) is 0 Å². The summed E-state index contributed by atoms with van der Waals surface area (Å²) in [6, 6.07) is 29.3. The number of carboxylic acids is 1. The molecule has 0 aliphatic heterocycles. The van der Waals surface area contributed by atoms with Crippen LogP contribution in [0.25, 0.3) is 0 Å². The second kappa shape index (κ2) is 11.6. The molecule has 4 aromatic carbocycles. The Balaban J connectivity index is 1.55. The Kier molecular flexibility index (Phi) is 8.05. The maximum absolute atomic E-state index is 13.3. The summed E-state index contributed by atoms with van der Waals surface area (Å²) in [6.07, 6.45) is 0. The van der Waals surface area contributed by atoms with Crippen molar-refractivity contribution in [2.45, 2.75) is 10.1 Å². The van der Waals surface area contributed by atoms with E-state index in [1.165, 1.54) is 23.9 Å². The van der Waals surface area contributed by atoms with Crippen molar-refractivity contribution in [1.29, 1.82) is 0 Å². The minimum atomic E-state index is -1.18. The fraction of sp³-hybridized carbons (Fsp3) is 0.0357. The van der Waals surface area contributed by atoms with Gasteiger partial charge < -0.3 is 15.7 Å². The van der Waals surface area contributed by atoms with Gasteiger partial charge in [0.05, 0.1) is 11.1 Å². The standard InChI is InChI=1S/C28H21ClN2O4S/c29-19-13-15-20(16-14-19)30-27(33)25(18-7-2-1-3-8-18)36-22-10-6-9-21(17-22)31-26(32)23-11-4-5-12-24(23)28(34)35/h1-17,25H,(H,30,33)(H,31,32)(H,34,35). The summed E-state index contributed by atoms with van der Waals surface area (Å²) < 4.78 is 0. The van der Waals surface area contributed by atoms with Gasteiger partial charge in [0.25, 0.3) is 5.91 Å². The highest BCUT2D eigenvalue weighted by molar-refractivity contribution is 8.00. The number of hydrogen-bond acceptors (Lipinski definition) is 4. The zero-order chi connectivity index (χ0) is 25.5. The normalized spacial score (nSPS) is 11.4. The topological polar surface area (TPSA) is 95.5 Å². The lowest BCUT2D eigenvalue weighted by molar-refractivity contribution is -0.115. The van der Waals surface area contributed by atoms with E-state index in [0.29, 0.717) is 16.4 Å². The predicted octanol–water partition coefficient (Wildman–Crippen LogP) is 6.76. The number of anilines is 2. The van der Waals surface area contributed by atoms with Crippen molar-refractivity contribution >= 4 is 52.5 Å². The van der Waals surface area contributed by atoms with Crippen molar-refractivity contribution in [3.8, 4) is 0 Å². The number of halogens is 1. The molecule has 0 aliphatic carbocycles. The molecule has 2 amide bonds. The summed E-state index contributed by atoms with van der Waals surface area (Å²) in [7, 11) is 0. The molecule has 0 aliphatic rings. The fourth-order valence-electron chi connectivity index (χ4n) is 3.49. The van der Waals surface area contributed by atoms with Gasteiger partial charge in [0, 0.05) is 21.3 Å². The van der Waals surface area contributed by atoms with E-state index >= 15 is 0 Å². The molecule has 8 heteroatoms. The maximum Gasteiger partial charge on any atom is 0.336 e. The molecule has 0 spiro atoms. The number of rotatable bonds is 8. The number of thioether (sulfide) groups is 1. The molecular formula is C28H21ClN2O4S. The first-order valence-corrected chi connectivity index (χ1v) is 12.2. The SMILES string of the molecule is O=C(O)c1ccccc1C(=O)Nc1cccc(SC(C(=O)Nc2ccc(Cl)cc2)c2ccccc2)c1. The van der Waals surface area contributed by atoms with Gasteiger partial charge in [0.15, 0.2) is 0 Å². The molecule has 0 fully saturated rings. The summed E-state index contributed by atoms with van der Waals surface area (Å²) in [5, 5.41) is 15.1. The molecule has 0 saturated carbocycles. The third-order valence-corrected chi connectivity index (χ3v) is 6.70. The maximum atomic E-state index is 13.3. The zero-order valence-electron chi connectivity index (χ0n) is 18.9. The Bertz CT molecular complexity index is 1390. The van der Waals surface area contributed by atoms with Crippen LogP contribution in [-0.2, 0) is 4.79 Å². The Morgan fingerprint density at radius 3 is 2.08 bits per heavy atom. The van der Waals surface area contributed by atoms with Crippen molar-refractivity contribution < 1.29 is 19.5 Å². The van der Waals surface area contributed by atoms with Gasteiger partial charge in [0.1, 0.15) is 5.25 Å². The summed E-state index contributed by atoms with van der Waals surface area (Å²) in [5.74, 6) is -1.92. The lowest BCUT2D eigenvalue weighted by Crippen LogP contribution is -2.19. The van der Waals surface area contributed by atoms with Gasteiger partial charge in [-0.2, -0.15) is 0 Å². The lowest BCUT2D eigenvalue weighted by atomic mass is 10.1. The molecule has 1 atom stereocenters. The van der Waals surface area contributed by atoms with Crippen molar-refractivity contribution in [2.24, 2.45) is 0 Å². The van der Waals surface area contributed by atoms with Crippen LogP contribution in [0.1, 0.15) is 31.5 Å². The van der Waals surface area contributed by atoms with Crippen LogP contribution in [0.3, 0.4) is 0 Å². The number of hydrogen-bond donors (Lipinski definition) is 3. The number of carboxylic acid groups (broad SMARTS) is 1. The van der Waals surface area contributed by atoms with Crippen LogP contribution < -0.4 is 10.6 Å². The van der Waals surface area contributed by atoms with E-state index < -0.39 is 17.1 Å². The minimum Gasteiger partial charge on any atom is -0.478 e. The molecule has 0 saturated heterocycles. The summed E-state index contributed by atoms with van der Waals surface area (Å²) >= 11 is 7.29. The monoisotopic (exact) mass is 516 g/mol. The molecular weight excluding hydrogens is 496 g/mol. The molecule has 0 heterocycles.